The number of ketones is 1. The van der Waals surface area contributed by atoms with Crippen LogP contribution in [0.15, 0.2) is 114 Å². The second-order valence-corrected chi connectivity index (χ2v) is 15.2. The number of nitrogens with zero attached hydrogens (tertiary/aromatic N) is 3. The number of hydrogen-bond acceptors (Lipinski definition) is 7. The summed E-state index contributed by atoms with van der Waals surface area (Å²) in [5, 5.41) is 31.7. The van der Waals surface area contributed by atoms with E-state index in [-0.39, 0.29) is 11.7 Å². The van der Waals surface area contributed by atoms with E-state index in [0.717, 1.165) is 53.5 Å². The zero-order valence-corrected chi connectivity index (χ0v) is 29.5. The lowest BCUT2D eigenvalue weighted by molar-refractivity contribution is -0.0422. The number of rotatable bonds is 7. The minimum absolute atomic E-state index is 0.0321. The number of nitrogens with one attached hydrogen (secondary N) is 1. The number of aliphatic hydroxyl groups excluding tert-OH is 1. The molecule has 3 aliphatic rings. The van der Waals surface area contributed by atoms with Crippen LogP contribution in [0.5, 0.6) is 0 Å². The Bertz CT molecular complexity index is 1980. The highest BCUT2D eigenvalue weighted by Gasteiger charge is 2.56. The summed E-state index contributed by atoms with van der Waals surface area (Å²) in [6.45, 7) is 4.34. The van der Waals surface area contributed by atoms with Gasteiger partial charge in [-0.1, -0.05) is 97.1 Å². The van der Waals surface area contributed by atoms with Crippen molar-refractivity contribution in [3.05, 3.63) is 131 Å². The van der Waals surface area contributed by atoms with Crippen LogP contribution in [-0.4, -0.2) is 53.6 Å². The lowest BCUT2D eigenvalue weighted by atomic mass is 9.65. The molecule has 5 aromatic rings. The van der Waals surface area contributed by atoms with Gasteiger partial charge < -0.3 is 10.2 Å². The standard InChI is InChI=1S/C42H44N4O3S/c1-28-7-6-21-41(2)37(18-22-42(41,49)27-50-40-44-39(45-46-40)33-19-23-43-24-20-33)35-17-11-29(25-34(47)16-10-28)26-36(35)38(48)32-14-12-31(13-15-32)30-8-4-3-5-9-30/h3-5,7-9,11-15,17,19-20,23-24,26,34,37,47,49H,6,10,16,18,21-22,25,27H2,1-2H3,(H,44,45,46). The van der Waals surface area contributed by atoms with Gasteiger partial charge in [-0.25, -0.2) is 4.98 Å². The predicted octanol–water partition coefficient (Wildman–Crippen LogP) is 8.60. The lowest BCUT2D eigenvalue weighted by Gasteiger charge is -2.44. The van der Waals surface area contributed by atoms with E-state index in [2.05, 4.69) is 59.4 Å². The molecule has 8 heteroatoms. The summed E-state index contributed by atoms with van der Waals surface area (Å²) in [5.41, 5.74) is 5.98. The second kappa shape index (κ2) is 14.5. The molecule has 2 heterocycles. The number of aromatic amines is 1. The van der Waals surface area contributed by atoms with E-state index in [1.54, 1.807) is 12.4 Å². The van der Waals surface area contributed by atoms with Crippen molar-refractivity contribution in [2.45, 2.75) is 81.6 Å². The maximum Gasteiger partial charge on any atom is 0.208 e. The van der Waals surface area contributed by atoms with E-state index in [1.165, 1.54) is 17.3 Å². The van der Waals surface area contributed by atoms with E-state index >= 15 is 0 Å². The Morgan fingerprint density at radius 1 is 0.940 bits per heavy atom. The Hall–Kier alpha value is -4.37. The number of benzene rings is 3. The van der Waals surface area contributed by atoms with Crippen LogP contribution < -0.4 is 0 Å². The molecule has 3 aromatic carbocycles. The maximum atomic E-state index is 14.5. The van der Waals surface area contributed by atoms with Crippen molar-refractivity contribution in [3.63, 3.8) is 0 Å². The minimum atomic E-state index is -1.02. The summed E-state index contributed by atoms with van der Waals surface area (Å²) in [4.78, 5) is 23.3. The molecule has 1 fully saturated rings. The van der Waals surface area contributed by atoms with Gasteiger partial charge >= 0.3 is 0 Å². The van der Waals surface area contributed by atoms with Gasteiger partial charge in [-0.05, 0) is 98.2 Å². The van der Waals surface area contributed by atoms with Crippen molar-refractivity contribution >= 4 is 17.5 Å². The van der Waals surface area contributed by atoms with Crippen molar-refractivity contribution < 1.29 is 15.0 Å². The van der Waals surface area contributed by atoms with Crippen LogP contribution in [-0.2, 0) is 6.42 Å². The third-order valence-electron chi connectivity index (χ3n) is 11.0. The van der Waals surface area contributed by atoms with Crippen LogP contribution >= 0.6 is 11.8 Å². The number of aliphatic hydroxyl groups is 2. The monoisotopic (exact) mass is 684 g/mol. The number of H-pyrrole nitrogens is 1. The number of hydrogen-bond donors (Lipinski definition) is 3. The average molecular weight is 685 g/mol. The SMILES string of the molecule is CC1=CCCC2(C)C(CCC2(O)CSc2n[nH]c(-c3ccncc3)n2)c2ccc(cc2C(=O)c2ccc(-c3ccccc3)cc2)CC(O)CC1. The van der Waals surface area contributed by atoms with Gasteiger partial charge in [0.15, 0.2) is 11.6 Å². The molecule has 4 atom stereocenters. The van der Waals surface area contributed by atoms with E-state index in [0.29, 0.717) is 47.1 Å². The molecule has 3 aliphatic carbocycles. The van der Waals surface area contributed by atoms with Crippen LogP contribution in [0.3, 0.4) is 0 Å². The largest absolute Gasteiger partial charge is 0.393 e. The summed E-state index contributed by atoms with van der Waals surface area (Å²) >= 11 is 1.47. The number of fused-ring (bicyclic) bond motifs is 8. The topological polar surface area (TPSA) is 112 Å². The van der Waals surface area contributed by atoms with Crippen LogP contribution in [0.25, 0.3) is 22.5 Å². The van der Waals surface area contributed by atoms with Gasteiger partial charge in [-0.3, -0.25) is 14.9 Å². The van der Waals surface area contributed by atoms with Gasteiger partial charge in [-0.2, -0.15) is 0 Å². The molecule has 4 unspecified atom stereocenters. The Morgan fingerprint density at radius 3 is 2.48 bits per heavy atom. The van der Waals surface area contributed by atoms with Crippen LogP contribution in [0.1, 0.15) is 85.3 Å². The van der Waals surface area contributed by atoms with Crippen LogP contribution in [0.4, 0.5) is 0 Å². The zero-order valence-electron chi connectivity index (χ0n) is 28.7. The molecular weight excluding hydrogens is 641 g/mol. The molecular formula is C42H44N4O3S. The first kappa shape index (κ1) is 34.1. The van der Waals surface area contributed by atoms with E-state index in [4.69, 9.17) is 4.98 Å². The quantitative estimate of drug-likeness (QED) is 0.0894. The van der Waals surface area contributed by atoms with Crippen molar-refractivity contribution in [1.29, 1.82) is 0 Å². The van der Waals surface area contributed by atoms with E-state index < -0.39 is 17.1 Å². The minimum Gasteiger partial charge on any atom is -0.393 e. The molecule has 2 aromatic heterocycles. The third kappa shape index (κ3) is 6.97. The number of thioether (sulfide) groups is 1. The zero-order chi connectivity index (χ0) is 34.7. The maximum absolute atomic E-state index is 14.5. The number of carbonyl (C=O) groups is 1. The molecule has 2 bridgehead atoms. The highest BCUT2D eigenvalue weighted by atomic mass is 32.2. The molecule has 7 nitrogen and oxygen atoms in total. The van der Waals surface area contributed by atoms with Gasteiger partial charge in [0.2, 0.25) is 5.16 Å². The first-order valence-electron chi connectivity index (χ1n) is 17.6. The van der Waals surface area contributed by atoms with Crippen molar-refractivity contribution in [2.75, 3.05) is 5.75 Å². The molecule has 0 radical (unpaired) electrons. The molecule has 3 N–H and O–H groups in total. The van der Waals surface area contributed by atoms with Gasteiger partial charge in [0.05, 0.1) is 11.7 Å². The van der Waals surface area contributed by atoms with E-state index in [9.17, 15) is 15.0 Å². The second-order valence-electron chi connectivity index (χ2n) is 14.2. The molecule has 256 valence electrons. The van der Waals surface area contributed by atoms with Crippen LogP contribution in [0, 0.1) is 5.41 Å². The number of carbonyl (C=O) groups excluding carboxylic acids is 1. The molecule has 8 rings (SSSR count). The summed E-state index contributed by atoms with van der Waals surface area (Å²) in [7, 11) is 0. The summed E-state index contributed by atoms with van der Waals surface area (Å²) < 4.78 is 0. The Morgan fingerprint density at radius 2 is 1.70 bits per heavy atom. The molecule has 0 aliphatic heterocycles. The number of aromatic nitrogens is 4. The normalized spacial score (nSPS) is 24.0. The molecule has 0 amide bonds. The van der Waals surface area contributed by atoms with Crippen molar-refractivity contribution in [2.24, 2.45) is 5.41 Å². The highest BCUT2D eigenvalue weighted by Crippen LogP contribution is 2.59. The number of allylic oxidation sites excluding steroid dienone is 2. The Kier molecular flexibility index (Phi) is 9.87. The number of pyridine rings is 1. The smallest absolute Gasteiger partial charge is 0.208 e. The third-order valence-corrected chi connectivity index (χ3v) is 12.1. The summed E-state index contributed by atoms with van der Waals surface area (Å²) in [5.74, 6) is 1.02. The molecule has 50 heavy (non-hydrogen) atoms. The fourth-order valence-electron chi connectivity index (χ4n) is 7.91. The first-order valence-corrected chi connectivity index (χ1v) is 18.6. The molecule has 0 spiro atoms. The highest BCUT2D eigenvalue weighted by molar-refractivity contribution is 7.99. The van der Waals surface area contributed by atoms with Crippen molar-refractivity contribution in [1.82, 2.24) is 20.2 Å². The van der Waals surface area contributed by atoms with Gasteiger partial charge in [0.25, 0.3) is 0 Å². The molecule has 0 saturated heterocycles. The first-order chi connectivity index (χ1) is 24.2. The Labute approximate surface area is 298 Å². The summed E-state index contributed by atoms with van der Waals surface area (Å²) in [6.07, 6.45) is 10.1. The Balaban J connectivity index is 1.23. The fourth-order valence-corrected chi connectivity index (χ4v) is 9.02. The van der Waals surface area contributed by atoms with E-state index in [1.807, 2.05) is 60.7 Å². The van der Waals surface area contributed by atoms with Crippen LogP contribution in [0.2, 0.25) is 0 Å². The summed E-state index contributed by atoms with van der Waals surface area (Å²) in [6, 6.07) is 28.0. The van der Waals surface area contributed by atoms with Gasteiger partial charge in [0.1, 0.15) is 0 Å². The average Bonchev–Trinajstić information content (AvgIpc) is 3.72. The molecule has 1 saturated carbocycles. The fraction of sp³-hybridized carbons (Fsp3) is 0.333. The lowest BCUT2D eigenvalue weighted by Crippen LogP contribution is -2.46. The van der Waals surface area contributed by atoms with Gasteiger partial charge in [0, 0.05) is 40.3 Å². The van der Waals surface area contributed by atoms with Gasteiger partial charge in [-0.15, -0.1) is 5.10 Å². The van der Waals surface area contributed by atoms with Crippen molar-refractivity contribution in [3.8, 4) is 22.5 Å². The predicted molar refractivity (Wildman–Crippen MR) is 199 cm³/mol.